The number of benzene rings is 2. The van der Waals surface area contributed by atoms with Crippen molar-refractivity contribution in [1.82, 2.24) is 5.32 Å². The van der Waals surface area contributed by atoms with Gasteiger partial charge in [-0.05, 0) is 29.8 Å². The normalized spacial score (nSPS) is 10.7. The first-order chi connectivity index (χ1) is 13.7. The van der Waals surface area contributed by atoms with E-state index in [1.54, 1.807) is 28.4 Å². The fraction of sp³-hybridized carbons (Fsp3) is 0.381. The summed E-state index contributed by atoms with van der Waals surface area (Å²) in [6.45, 7) is 1.94. The van der Waals surface area contributed by atoms with Gasteiger partial charge in [-0.25, -0.2) is 0 Å². The third-order valence-electron chi connectivity index (χ3n) is 3.99. The van der Waals surface area contributed by atoms with Crippen molar-refractivity contribution >= 4 is 35.6 Å². The van der Waals surface area contributed by atoms with Gasteiger partial charge >= 0.3 is 0 Å². The molecule has 2 N–H and O–H groups in total. The predicted molar refractivity (Wildman–Crippen MR) is 127 cm³/mol. The van der Waals surface area contributed by atoms with Crippen LogP contribution in [0.15, 0.2) is 47.5 Å². The Labute approximate surface area is 189 Å². The van der Waals surface area contributed by atoms with Crippen molar-refractivity contribution in [2.45, 2.75) is 13.0 Å². The summed E-state index contributed by atoms with van der Waals surface area (Å²) in [5, 5.41) is 6.54. The number of nitrogens with one attached hydrogen (secondary N) is 2. The van der Waals surface area contributed by atoms with Crippen molar-refractivity contribution in [1.29, 1.82) is 0 Å². The van der Waals surface area contributed by atoms with E-state index < -0.39 is 0 Å². The number of halogens is 1. The van der Waals surface area contributed by atoms with Crippen molar-refractivity contribution in [3.05, 3.63) is 48.0 Å². The van der Waals surface area contributed by atoms with Crippen LogP contribution < -0.4 is 24.8 Å². The van der Waals surface area contributed by atoms with Gasteiger partial charge in [-0.3, -0.25) is 4.99 Å². The summed E-state index contributed by atoms with van der Waals surface area (Å²) in [5.41, 5.74) is 1.94. The van der Waals surface area contributed by atoms with Gasteiger partial charge in [0.05, 0.1) is 20.8 Å². The van der Waals surface area contributed by atoms with E-state index in [4.69, 9.17) is 18.9 Å². The molecular weight excluding hydrogens is 485 g/mol. The number of methoxy groups -OCH3 is 3. The standard InChI is InChI=1S/C21H29N3O4.HI/c1-22-21(24-17-9-10-19(26-3)20(14-17)27-4)23-15-16-7-5-8-18(13-16)28-12-6-11-25-2;/h5,7-10,13-14H,6,11-12,15H2,1-4H3,(H2,22,23,24);1H. The van der Waals surface area contributed by atoms with Crippen LogP contribution in [-0.4, -0.2) is 47.6 Å². The van der Waals surface area contributed by atoms with E-state index in [0.717, 1.165) is 23.4 Å². The molecule has 2 aromatic carbocycles. The molecule has 7 nitrogen and oxygen atoms in total. The molecule has 0 aromatic heterocycles. The molecule has 0 unspecified atom stereocenters. The number of nitrogens with zero attached hydrogens (tertiary/aromatic N) is 1. The second-order valence-corrected chi connectivity index (χ2v) is 5.96. The molecule has 0 fully saturated rings. The van der Waals surface area contributed by atoms with Gasteiger partial charge in [-0.2, -0.15) is 0 Å². The van der Waals surface area contributed by atoms with E-state index in [1.165, 1.54) is 0 Å². The number of anilines is 1. The zero-order valence-electron chi connectivity index (χ0n) is 17.4. The van der Waals surface area contributed by atoms with Crippen LogP contribution in [0.2, 0.25) is 0 Å². The maximum absolute atomic E-state index is 5.75. The first-order valence-corrected chi connectivity index (χ1v) is 9.10. The second-order valence-electron chi connectivity index (χ2n) is 5.96. The Kier molecular flexibility index (Phi) is 11.9. The van der Waals surface area contributed by atoms with Gasteiger partial charge in [0.25, 0.3) is 0 Å². The average molecular weight is 515 g/mol. The fourth-order valence-corrected chi connectivity index (χ4v) is 2.55. The highest BCUT2D eigenvalue weighted by Crippen LogP contribution is 2.29. The third-order valence-corrected chi connectivity index (χ3v) is 3.99. The van der Waals surface area contributed by atoms with Crippen molar-refractivity contribution in [3.63, 3.8) is 0 Å². The molecule has 2 aromatic rings. The van der Waals surface area contributed by atoms with E-state index in [2.05, 4.69) is 15.6 Å². The molecule has 0 heterocycles. The molecule has 2 rings (SSSR count). The van der Waals surface area contributed by atoms with E-state index in [-0.39, 0.29) is 24.0 Å². The van der Waals surface area contributed by atoms with Gasteiger partial charge in [-0.1, -0.05) is 12.1 Å². The Morgan fingerprint density at radius 2 is 1.76 bits per heavy atom. The summed E-state index contributed by atoms with van der Waals surface area (Å²) in [6, 6.07) is 13.6. The molecule has 0 spiro atoms. The molecule has 0 amide bonds. The fourth-order valence-electron chi connectivity index (χ4n) is 2.55. The van der Waals surface area contributed by atoms with Crippen LogP contribution in [0.4, 0.5) is 5.69 Å². The molecule has 160 valence electrons. The van der Waals surface area contributed by atoms with Gasteiger partial charge in [-0.15, -0.1) is 24.0 Å². The zero-order valence-corrected chi connectivity index (χ0v) is 19.7. The van der Waals surface area contributed by atoms with E-state index in [9.17, 15) is 0 Å². The Morgan fingerprint density at radius 3 is 2.45 bits per heavy atom. The number of rotatable bonds is 10. The van der Waals surface area contributed by atoms with Crippen LogP contribution in [0.1, 0.15) is 12.0 Å². The second kappa shape index (κ2) is 13.9. The number of ether oxygens (including phenoxy) is 4. The summed E-state index contributed by atoms with van der Waals surface area (Å²) in [7, 11) is 6.64. The van der Waals surface area contributed by atoms with Gasteiger partial charge in [0.15, 0.2) is 17.5 Å². The summed E-state index contributed by atoms with van der Waals surface area (Å²) in [6.07, 6.45) is 0.862. The maximum Gasteiger partial charge on any atom is 0.195 e. The van der Waals surface area contributed by atoms with Crippen LogP contribution >= 0.6 is 24.0 Å². The molecule has 0 saturated heterocycles. The predicted octanol–water partition coefficient (Wildman–Crippen LogP) is 3.92. The highest BCUT2D eigenvalue weighted by atomic mass is 127. The van der Waals surface area contributed by atoms with Crippen LogP contribution in [0, 0.1) is 0 Å². The lowest BCUT2D eigenvalue weighted by Crippen LogP contribution is -2.30. The van der Waals surface area contributed by atoms with Gasteiger partial charge < -0.3 is 29.6 Å². The van der Waals surface area contributed by atoms with Gasteiger partial charge in [0.2, 0.25) is 0 Å². The third kappa shape index (κ3) is 8.36. The Bertz CT molecular complexity index is 771. The first-order valence-electron chi connectivity index (χ1n) is 9.10. The topological polar surface area (TPSA) is 73.3 Å². The molecule has 0 aliphatic carbocycles. The Hall–Kier alpha value is -2.20. The number of hydrogen-bond donors (Lipinski definition) is 2. The number of aliphatic imine (C=N–C) groups is 1. The van der Waals surface area contributed by atoms with Gasteiger partial charge in [0.1, 0.15) is 5.75 Å². The minimum Gasteiger partial charge on any atom is -0.493 e. The monoisotopic (exact) mass is 515 g/mol. The molecule has 0 atom stereocenters. The number of hydrogen-bond acceptors (Lipinski definition) is 5. The molecule has 0 aliphatic heterocycles. The van der Waals surface area contributed by atoms with Crippen LogP contribution in [0.25, 0.3) is 0 Å². The van der Waals surface area contributed by atoms with Crippen molar-refractivity contribution in [2.24, 2.45) is 4.99 Å². The minimum atomic E-state index is 0. The Balaban J connectivity index is 0.00000420. The smallest absolute Gasteiger partial charge is 0.195 e. The molecule has 8 heteroatoms. The molecular formula is C21H30IN3O4. The van der Waals surface area contributed by atoms with Crippen LogP contribution in [0.5, 0.6) is 17.2 Å². The number of guanidine groups is 1. The minimum absolute atomic E-state index is 0. The van der Waals surface area contributed by atoms with Crippen molar-refractivity contribution in [3.8, 4) is 17.2 Å². The molecule has 0 saturated carbocycles. The largest absolute Gasteiger partial charge is 0.493 e. The molecule has 29 heavy (non-hydrogen) atoms. The first kappa shape index (κ1) is 24.8. The average Bonchev–Trinajstić information content (AvgIpc) is 2.74. The highest BCUT2D eigenvalue weighted by Gasteiger charge is 2.06. The quantitative estimate of drug-likeness (QED) is 0.216. The summed E-state index contributed by atoms with van der Waals surface area (Å²) >= 11 is 0. The van der Waals surface area contributed by atoms with E-state index in [1.807, 2.05) is 42.5 Å². The maximum atomic E-state index is 5.75. The Morgan fingerprint density at radius 1 is 0.966 bits per heavy atom. The van der Waals surface area contributed by atoms with E-state index >= 15 is 0 Å². The summed E-state index contributed by atoms with van der Waals surface area (Å²) in [4.78, 5) is 4.27. The van der Waals surface area contributed by atoms with Gasteiger partial charge in [0, 0.05) is 45.5 Å². The lowest BCUT2D eigenvalue weighted by atomic mass is 10.2. The molecule has 0 aliphatic rings. The highest BCUT2D eigenvalue weighted by molar-refractivity contribution is 14.0. The summed E-state index contributed by atoms with van der Waals surface area (Å²) in [5.74, 6) is 2.83. The van der Waals surface area contributed by atoms with Crippen LogP contribution in [-0.2, 0) is 11.3 Å². The molecule has 0 radical (unpaired) electrons. The van der Waals surface area contributed by atoms with E-state index in [0.29, 0.717) is 37.2 Å². The molecule has 0 bridgehead atoms. The summed E-state index contributed by atoms with van der Waals surface area (Å²) < 4.78 is 21.4. The zero-order chi connectivity index (χ0) is 20.2. The van der Waals surface area contributed by atoms with Crippen molar-refractivity contribution in [2.75, 3.05) is 46.9 Å². The lowest BCUT2D eigenvalue weighted by Gasteiger charge is -2.14. The lowest BCUT2D eigenvalue weighted by molar-refractivity contribution is 0.172. The van der Waals surface area contributed by atoms with Crippen molar-refractivity contribution < 1.29 is 18.9 Å². The van der Waals surface area contributed by atoms with Crippen LogP contribution in [0.3, 0.4) is 0 Å². The SMILES string of the molecule is CN=C(NCc1cccc(OCCCOC)c1)Nc1ccc(OC)c(OC)c1.I.